The van der Waals surface area contributed by atoms with E-state index in [1.165, 1.54) is 0 Å². The largest absolute Gasteiger partial charge is 0.423 e. The highest BCUT2D eigenvalue weighted by molar-refractivity contribution is 6.07. The predicted molar refractivity (Wildman–Crippen MR) is 118 cm³/mol. The summed E-state index contributed by atoms with van der Waals surface area (Å²) in [6.07, 6.45) is 0. The Hall–Kier alpha value is -3.44. The molecule has 0 radical (unpaired) electrons. The van der Waals surface area contributed by atoms with E-state index in [-0.39, 0.29) is 11.5 Å². The normalized spacial score (nSPS) is 15.0. The average molecular weight is 398 g/mol. The van der Waals surface area contributed by atoms with Crippen LogP contribution in [0.5, 0.6) is 0 Å². The molecule has 0 N–H and O–H groups in total. The molecule has 0 saturated carbocycles. The van der Waals surface area contributed by atoms with Crippen LogP contribution < -0.4 is 5.63 Å². The van der Waals surface area contributed by atoms with Crippen molar-refractivity contribution in [3.05, 3.63) is 94.3 Å². The Kier molecular flexibility index (Phi) is 4.81. The van der Waals surface area contributed by atoms with Gasteiger partial charge in [0.15, 0.2) is 0 Å². The van der Waals surface area contributed by atoms with Gasteiger partial charge in [-0.15, -0.1) is 0 Å². The Morgan fingerprint density at radius 2 is 1.60 bits per heavy atom. The minimum atomic E-state index is -0.328. The number of hydrogen-bond donors (Lipinski definition) is 0. The average Bonchev–Trinajstić information content (AvgIpc) is 2.79. The van der Waals surface area contributed by atoms with E-state index in [2.05, 4.69) is 17.0 Å². The minimum Gasteiger partial charge on any atom is -0.423 e. The van der Waals surface area contributed by atoms with Gasteiger partial charge in [-0.05, 0) is 34.5 Å². The summed E-state index contributed by atoms with van der Waals surface area (Å²) in [4.78, 5) is 29.0. The number of carbonyl (C=O) groups is 1. The number of carbonyl (C=O) groups excluding carboxylic acids is 1. The van der Waals surface area contributed by atoms with E-state index < -0.39 is 0 Å². The number of benzene rings is 3. The lowest BCUT2D eigenvalue weighted by Crippen LogP contribution is -2.48. The van der Waals surface area contributed by atoms with Crippen molar-refractivity contribution in [1.82, 2.24) is 9.80 Å². The standard InChI is InChI=1S/C25H22N2O3/c28-23-16-20(24-21-9-5-4-6-18(21)10-11-22(24)30-23)17-26-12-14-27(15-13-26)25(29)19-7-2-1-3-8-19/h1-11,16H,12-15,17H2. The summed E-state index contributed by atoms with van der Waals surface area (Å²) < 4.78 is 5.47. The van der Waals surface area contributed by atoms with Gasteiger partial charge in [-0.3, -0.25) is 9.69 Å². The first-order chi connectivity index (χ1) is 14.7. The van der Waals surface area contributed by atoms with Gasteiger partial charge in [0.1, 0.15) is 5.58 Å². The summed E-state index contributed by atoms with van der Waals surface area (Å²) in [6, 6.07) is 23.0. The van der Waals surface area contributed by atoms with Crippen LogP contribution in [0.1, 0.15) is 15.9 Å². The molecule has 0 aliphatic carbocycles. The van der Waals surface area contributed by atoms with E-state index in [1.807, 2.05) is 59.5 Å². The smallest absolute Gasteiger partial charge is 0.336 e. The fourth-order valence-electron chi connectivity index (χ4n) is 4.26. The molecule has 150 valence electrons. The first-order valence-electron chi connectivity index (χ1n) is 10.2. The first kappa shape index (κ1) is 18.6. The lowest BCUT2D eigenvalue weighted by atomic mass is 10.0. The van der Waals surface area contributed by atoms with Gasteiger partial charge in [0.2, 0.25) is 0 Å². The van der Waals surface area contributed by atoms with E-state index in [0.29, 0.717) is 25.2 Å². The van der Waals surface area contributed by atoms with Crippen LogP contribution in [0.15, 0.2) is 82.0 Å². The van der Waals surface area contributed by atoms with Crippen LogP contribution in [0.4, 0.5) is 0 Å². The van der Waals surface area contributed by atoms with Crippen LogP contribution in [0.3, 0.4) is 0 Å². The third kappa shape index (κ3) is 3.48. The fourth-order valence-corrected chi connectivity index (χ4v) is 4.26. The van der Waals surface area contributed by atoms with Crippen LogP contribution >= 0.6 is 0 Å². The summed E-state index contributed by atoms with van der Waals surface area (Å²) in [5, 5.41) is 3.21. The number of hydrogen-bond acceptors (Lipinski definition) is 4. The molecular formula is C25H22N2O3. The first-order valence-corrected chi connectivity index (χ1v) is 10.2. The summed E-state index contributed by atoms with van der Waals surface area (Å²) in [5.74, 6) is 0.0760. The Morgan fingerprint density at radius 1 is 0.867 bits per heavy atom. The van der Waals surface area contributed by atoms with E-state index in [0.717, 1.165) is 40.4 Å². The van der Waals surface area contributed by atoms with Crippen LogP contribution in [0.25, 0.3) is 21.7 Å². The second-order valence-corrected chi connectivity index (χ2v) is 7.68. The van der Waals surface area contributed by atoms with E-state index in [9.17, 15) is 9.59 Å². The molecule has 1 fully saturated rings. The van der Waals surface area contributed by atoms with Crippen molar-refractivity contribution in [2.24, 2.45) is 0 Å². The number of fused-ring (bicyclic) bond motifs is 3. The van der Waals surface area contributed by atoms with E-state index in [1.54, 1.807) is 6.07 Å². The Morgan fingerprint density at radius 3 is 2.40 bits per heavy atom. The number of piperazine rings is 1. The van der Waals surface area contributed by atoms with Crippen molar-refractivity contribution in [1.29, 1.82) is 0 Å². The molecular weight excluding hydrogens is 376 g/mol. The summed E-state index contributed by atoms with van der Waals surface area (Å²) in [5.41, 5.74) is 1.99. The summed E-state index contributed by atoms with van der Waals surface area (Å²) >= 11 is 0. The van der Waals surface area contributed by atoms with Crippen LogP contribution in [0.2, 0.25) is 0 Å². The van der Waals surface area contributed by atoms with Gasteiger partial charge < -0.3 is 9.32 Å². The van der Waals surface area contributed by atoms with E-state index in [4.69, 9.17) is 4.42 Å². The molecule has 0 spiro atoms. The molecule has 1 aliphatic heterocycles. The Labute approximate surface area is 174 Å². The Balaban J connectivity index is 1.39. The molecule has 5 heteroatoms. The maximum absolute atomic E-state index is 12.7. The molecule has 1 aromatic heterocycles. The molecule has 3 aromatic carbocycles. The fraction of sp³-hybridized carbons (Fsp3) is 0.200. The molecule has 2 heterocycles. The van der Waals surface area contributed by atoms with Gasteiger partial charge in [-0.25, -0.2) is 4.79 Å². The van der Waals surface area contributed by atoms with Gasteiger partial charge in [0.25, 0.3) is 5.91 Å². The number of amides is 1. The van der Waals surface area contributed by atoms with Crippen molar-refractivity contribution in [2.75, 3.05) is 26.2 Å². The van der Waals surface area contributed by atoms with Crippen molar-refractivity contribution < 1.29 is 9.21 Å². The Bertz CT molecular complexity index is 1270. The molecule has 0 atom stereocenters. The third-order valence-corrected chi connectivity index (χ3v) is 5.79. The lowest BCUT2D eigenvalue weighted by molar-refractivity contribution is 0.0629. The maximum Gasteiger partial charge on any atom is 0.336 e. The molecule has 30 heavy (non-hydrogen) atoms. The summed E-state index contributed by atoms with van der Waals surface area (Å²) in [6.45, 7) is 3.54. The second-order valence-electron chi connectivity index (χ2n) is 7.68. The summed E-state index contributed by atoms with van der Waals surface area (Å²) in [7, 11) is 0. The number of nitrogens with zero attached hydrogens (tertiary/aromatic N) is 2. The van der Waals surface area contributed by atoms with Gasteiger partial charge in [-0.2, -0.15) is 0 Å². The van der Waals surface area contributed by atoms with Crippen molar-refractivity contribution in [3.8, 4) is 0 Å². The SMILES string of the molecule is O=C(c1ccccc1)N1CCN(Cc2cc(=O)oc3ccc4ccccc4c23)CC1. The van der Waals surface area contributed by atoms with Crippen LogP contribution in [-0.2, 0) is 6.54 Å². The van der Waals surface area contributed by atoms with Crippen molar-refractivity contribution >= 4 is 27.6 Å². The monoisotopic (exact) mass is 398 g/mol. The van der Waals surface area contributed by atoms with Crippen molar-refractivity contribution in [2.45, 2.75) is 6.54 Å². The number of rotatable bonds is 3. The topological polar surface area (TPSA) is 53.8 Å². The molecule has 1 aliphatic rings. The van der Waals surface area contributed by atoms with E-state index >= 15 is 0 Å². The maximum atomic E-state index is 12.7. The van der Waals surface area contributed by atoms with Gasteiger partial charge in [0, 0.05) is 49.7 Å². The third-order valence-electron chi connectivity index (χ3n) is 5.79. The zero-order valence-electron chi connectivity index (χ0n) is 16.6. The molecule has 0 unspecified atom stereocenters. The highest BCUT2D eigenvalue weighted by Crippen LogP contribution is 2.28. The minimum absolute atomic E-state index is 0.0760. The van der Waals surface area contributed by atoms with Gasteiger partial charge >= 0.3 is 5.63 Å². The molecule has 1 saturated heterocycles. The zero-order valence-corrected chi connectivity index (χ0v) is 16.6. The molecule has 0 bridgehead atoms. The highest BCUT2D eigenvalue weighted by Gasteiger charge is 2.23. The van der Waals surface area contributed by atoms with Crippen LogP contribution in [0, 0.1) is 0 Å². The molecule has 5 rings (SSSR count). The quantitative estimate of drug-likeness (QED) is 0.388. The van der Waals surface area contributed by atoms with Gasteiger partial charge in [0.05, 0.1) is 0 Å². The van der Waals surface area contributed by atoms with Crippen molar-refractivity contribution in [3.63, 3.8) is 0 Å². The molecule has 4 aromatic rings. The van der Waals surface area contributed by atoms with Gasteiger partial charge in [-0.1, -0.05) is 48.5 Å². The molecule has 5 nitrogen and oxygen atoms in total. The zero-order chi connectivity index (χ0) is 20.5. The highest BCUT2D eigenvalue weighted by atomic mass is 16.4. The predicted octanol–water partition coefficient (Wildman–Crippen LogP) is 3.90. The van der Waals surface area contributed by atoms with Crippen LogP contribution in [-0.4, -0.2) is 41.9 Å². The second kappa shape index (κ2) is 7.76. The lowest BCUT2D eigenvalue weighted by Gasteiger charge is -2.35. The molecule has 1 amide bonds.